The van der Waals surface area contributed by atoms with Crippen molar-refractivity contribution in [1.29, 1.82) is 0 Å². The van der Waals surface area contributed by atoms with Crippen LogP contribution in [0.4, 0.5) is 5.69 Å². The van der Waals surface area contributed by atoms with Crippen molar-refractivity contribution in [3.8, 4) is 5.75 Å². The molecule has 1 aliphatic heterocycles. The lowest BCUT2D eigenvalue weighted by Gasteiger charge is -2.36. The molecule has 1 atom stereocenters. The Morgan fingerprint density at radius 3 is 2.85 bits per heavy atom. The number of fused-ring (bicyclic) bond motifs is 1. The fourth-order valence-electron chi connectivity index (χ4n) is 3.16. The van der Waals surface area contributed by atoms with Gasteiger partial charge in [0.25, 0.3) is 0 Å². The molecule has 1 saturated carbocycles. The van der Waals surface area contributed by atoms with Crippen LogP contribution in [0.25, 0.3) is 0 Å². The van der Waals surface area contributed by atoms with Gasteiger partial charge in [-0.15, -0.1) is 0 Å². The van der Waals surface area contributed by atoms with Gasteiger partial charge in [0.1, 0.15) is 10.5 Å². The highest BCUT2D eigenvalue weighted by molar-refractivity contribution is 8.16. The van der Waals surface area contributed by atoms with Gasteiger partial charge in [0.2, 0.25) is 0 Å². The Morgan fingerprint density at radius 1 is 1.35 bits per heavy atom. The van der Waals surface area contributed by atoms with Crippen molar-refractivity contribution in [2.24, 2.45) is 5.14 Å². The number of thioether (sulfide) groups is 1. The van der Waals surface area contributed by atoms with Crippen molar-refractivity contribution in [1.82, 2.24) is 0 Å². The van der Waals surface area contributed by atoms with E-state index in [1.165, 1.54) is 54.6 Å². The Labute approximate surface area is 129 Å². The number of ether oxygens (including phenoxy) is 1. The molecule has 2 N–H and O–H groups in total. The molecule has 1 fully saturated rings. The minimum absolute atomic E-state index is 0.310. The van der Waals surface area contributed by atoms with Gasteiger partial charge in [-0.1, -0.05) is 31.0 Å². The summed E-state index contributed by atoms with van der Waals surface area (Å²) in [4.78, 5) is 3.87. The molecule has 0 bridgehead atoms. The van der Waals surface area contributed by atoms with Gasteiger partial charge < -0.3 is 9.64 Å². The van der Waals surface area contributed by atoms with Crippen LogP contribution < -0.4 is 14.8 Å². The third kappa shape index (κ3) is 2.76. The zero-order valence-electron chi connectivity index (χ0n) is 11.9. The first-order chi connectivity index (χ1) is 9.83. The van der Waals surface area contributed by atoms with Crippen molar-refractivity contribution in [2.45, 2.75) is 54.7 Å². The van der Waals surface area contributed by atoms with Crippen LogP contribution in [-0.2, 0) is 0 Å². The smallest absolute Gasteiger partial charge is 0.141 e. The summed E-state index contributed by atoms with van der Waals surface area (Å²) in [6.45, 7) is 2.74. The Kier molecular flexibility index (Phi) is 4.68. The highest BCUT2D eigenvalue weighted by atomic mass is 32.2. The highest BCUT2D eigenvalue weighted by Gasteiger charge is 2.35. The van der Waals surface area contributed by atoms with Gasteiger partial charge >= 0.3 is 0 Å². The molecular formula is C15H22N2OS2. The van der Waals surface area contributed by atoms with Crippen molar-refractivity contribution in [2.75, 3.05) is 11.5 Å². The standard InChI is InChI=1S/C15H22N2OS2/c1-2-18-12-8-9-14-13(10-12)17(15(19-14)20-16)11-6-4-3-5-7-11/h8-11,15H,2-7,16H2,1H3. The summed E-state index contributed by atoms with van der Waals surface area (Å²) in [7, 11) is 0. The van der Waals surface area contributed by atoms with Gasteiger partial charge in [0.15, 0.2) is 0 Å². The maximum absolute atomic E-state index is 5.93. The van der Waals surface area contributed by atoms with Gasteiger partial charge in [-0.2, -0.15) is 0 Å². The summed E-state index contributed by atoms with van der Waals surface area (Å²) in [5, 5.41) is 5.93. The predicted molar refractivity (Wildman–Crippen MR) is 88.4 cm³/mol. The largest absolute Gasteiger partial charge is 0.494 e. The average molecular weight is 310 g/mol. The van der Waals surface area contributed by atoms with E-state index in [1.54, 1.807) is 0 Å². The van der Waals surface area contributed by atoms with Crippen molar-refractivity contribution < 1.29 is 4.74 Å². The third-order valence-corrected chi connectivity index (χ3v) is 6.17. The number of nitrogens with two attached hydrogens (primary N) is 1. The lowest BCUT2D eigenvalue weighted by Crippen LogP contribution is -2.39. The second-order valence-electron chi connectivity index (χ2n) is 5.32. The molecule has 3 rings (SSSR count). The molecule has 0 spiro atoms. The van der Waals surface area contributed by atoms with E-state index >= 15 is 0 Å². The quantitative estimate of drug-likeness (QED) is 0.843. The Bertz CT molecular complexity index is 463. The number of anilines is 1. The molecular weight excluding hydrogens is 288 g/mol. The van der Waals surface area contributed by atoms with Crippen LogP contribution in [0.5, 0.6) is 5.75 Å². The van der Waals surface area contributed by atoms with Gasteiger partial charge in [-0.3, -0.25) is 5.14 Å². The van der Waals surface area contributed by atoms with E-state index < -0.39 is 0 Å². The van der Waals surface area contributed by atoms with E-state index in [4.69, 9.17) is 9.88 Å². The van der Waals surface area contributed by atoms with E-state index in [1.807, 2.05) is 18.7 Å². The normalized spacial score (nSPS) is 22.9. The minimum atomic E-state index is 0.310. The van der Waals surface area contributed by atoms with E-state index in [0.717, 1.165) is 5.75 Å². The van der Waals surface area contributed by atoms with Crippen molar-refractivity contribution in [3.05, 3.63) is 18.2 Å². The Hall–Kier alpha value is -0.520. The van der Waals surface area contributed by atoms with Gasteiger partial charge in [0.05, 0.1) is 12.3 Å². The van der Waals surface area contributed by atoms with Crippen LogP contribution in [0.3, 0.4) is 0 Å². The monoisotopic (exact) mass is 310 g/mol. The van der Waals surface area contributed by atoms with E-state index in [9.17, 15) is 0 Å². The molecule has 20 heavy (non-hydrogen) atoms. The molecule has 0 radical (unpaired) electrons. The van der Waals surface area contributed by atoms with E-state index in [-0.39, 0.29) is 0 Å². The zero-order chi connectivity index (χ0) is 13.9. The fourth-order valence-corrected chi connectivity index (χ4v) is 5.15. The maximum Gasteiger partial charge on any atom is 0.141 e. The van der Waals surface area contributed by atoms with Crippen LogP contribution >= 0.6 is 23.7 Å². The van der Waals surface area contributed by atoms with Crippen LogP contribution in [0, 0.1) is 0 Å². The van der Waals surface area contributed by atoms with Gasteiger partial charge in [0, 0.05) is 17.0 Å². The number of hydrogen-bond acceptors (Lipinski definition) is 5. The Balaban J connectivity index is 1.89. The molecule has 0 aromatic heterocycles. The van der Waals surface area contributed by atoms with Crippen molar-refractivity contribution >= 4 is 29.4 Å². The summed E-state index contributed by atoms with van der Waals surface area (Å²) < 4.78 is 5.97. The molecule has 2 aliphatic rings. The molecule has 110 valence electrons. The summed E-state index contributed by atoms with van der Waals surface area (Å²) in [5.41, 5.74) is 1.32. The molecule has 0 saturated heterocycles. The molecule has 1 aromatic carbocycles. The molecule has 1 aliphatic carbocycles. The van der Waals surface area contributed by atoms with Gasteiger partial charge in [-0.05, 0) is 43.8 Å². The van der Waals surface area contributed by atoms with Crippen LogP contribution in [-0.4, -0.2) is 17.4 Å². The average Bonchev–Trinajstić information content (AvgIpc) is 2.86. The number of benzene rings is 1. The Morgan fingerprint density at radius 2 is 2.15 bits per heavy atom. The van der Waals surface area contributed by atoms with Crippen LogP contribution in [0.15, 0.2) is 23.1 Å². The first kappa shape index (κ1) is 14.4. The SMILES string of the molecule is CCOc1ccc2c(c1)N(C1CCCCC1)C(SN)S2. The third-order valence-electron chi connectivity index (χ3n) is 4.06. The molecule has 1 heterocycles. The first-order valence-electron chi connectivity index (χ1n) is 7.41. The number of rotatable bonds is 4. The fraction of sp³-hybridized carbons (Fsp3) is 0.600. The van der Waals surface area contributed by atoms with Gasteiger partial charge in [-0.25, -0.2) is 0 Å². The van der Waals surface area contributed by atoms with E-state index in [2.05, 4.69) is 23.1 Å². The predicted octanol–water partition coefficient (Wildman–Crippen LogP) is 4.22. The summed E-state index contributed by atoms with van der Waals surface area (Å²) in [6.07, 6.45) is 6.64. The van der Waals surface area contributed by atoms with E-state index in [0.29, 0.717) is 17.4 Å². The summed E-state index contributed by atoms with van der Waals surface area (Å²) in [6, 6.07) is 7.07. The van der Waals surface area contributed by atoms with Crippen molar-refractivity contribution in [3.63, 3.8) is 0 Å². The molecule has 1 unspecified atom stereocenters. The second kappa shape index (κ2) is 6.50. The second-order valence-corrected chi connectivity index (χ2v) is 7.46. The maximum atomic E-state index is 5.93. The number of nitrogens with zero attached hydrogens (tertiary/aromatic N) is 1. The topological polar surface area (TPSA) is 38.5 Å². The molecule has 1 aromatic rings. The lowest BCUT2D eigenvalue weighted by molar-refractivity contribution is 0.340. The summed E-state index contributed by atoms with van der Waals surface area (Å²) in [5.74, 6) is 0.968. The molecule has 5 heteroatoms. The zero-order valence-corrected chi connectivity index (χ0v) is 13.5. The number of hydrogen-bond donors (Lipinski definition) is 1. The van der Waals surface area contributed by atoms with Crippen LogP contribution in [0.2, 0.25) is 0 Å². The molecule has 0 amide bonds. The molecule has 3 nitrogen and oxygen atoms in total. The van der Waals surface area contributed by atoms with Crippen LogP contribution in [0.1, 0.15) is 39.0 Å². The highest BCUT2D eigenvalue weighted by Crippen LogP contribution is 2.50. The lowest BCUT2D eigenvalue weighted by atomic mass is 9.94. The minimum Gasteiger partial charge on any atom is -0.494 e. The summed E-state index contributed by atoms with van der Waals surface area (Å²) >= 11 is 3.33. The first-order valence-corrected chi connectivity index (χ1v) is 9.23.